The number of rotatable bonds is 3. The predicted octanol–water partition coefficient (Wildman–Crippen LogP) is 0.560. The monoisotopic (exact) mass is 197 g/mol. The molecule has 0 unspecified atom stereocenters. The molecule has 1 rings (SSSR count). The standard InChI is InChI=1S/C9H11NO4/c1-2-3-4-9(13)14-10-7(11)5-6-8(10)12/h2-3H,4-6H2,1H3. The van der Waals surface area contributed by atoms with Crippen molar-refractivity contribution in [2.24, 2.45) is 0 Å². The van der Waals surface area contributed by atoms with Gasteiger partial charge in [0.15, 0.2) is 0 Å². The van der Waals surface area contributed by atoms with Gasteiger partial charge in [-0.15, -0.1) is 5.06 Å². The molecule has 0 aromatic heterocycles. The van der Waals surface area contributed by atoms with Crippen molar-refractivity contribution < 1.29 is 19.2 Å². The van der Waals surface area contributed by atoms with E-state index in [1.54, 1.807) is 19.1 Å². The molecule has 2 amide bonds. The van der Waals surface area contributed by atoms with Crippen molar-refractivity contribution >= 4 is 17.8 Å². The topological polar surface area (TPSA) is 63.7 Å². The van der Waals surface area contributed by atoms with Gasteiger partial charge in [0.2, 0.25) is 0 Å². The average molecular weight is 197 g/mol. The maximum Gasteiger partial charge on any atom is 0.336 e. The number of hydroxylamine groups is 2. The summed E-state index contributed by atoms with van der Waals surface area (Å²) in [5.74, 6) is -1.51. The van der Waals surface area contributed by atoms with Crippen LogP contribution in [0.5, 0.6) is 0 Å². The highest BCUT2D eigenvalue weighted by Gasteiger charge is 2.32. The van der Waals surface area contributed by atoms with E-state index in [1.165, 1.54) is 0 Å². The molecule has 0 bridgehead atoms. The number of amides is 2. The molecular weight excluding hydrogens is 186 g/mol. The molecule has 0 aromatic rings. The third-order valence-corrected chi connectivity index (χ3v) is 1.72. The van der Waals surface area contributed by atoms with Gasteiger partial charge >= 0.3 is 5.97 Å². The van der Waals surface area contributed by atoms with Crippen LogP contribution in [-0.2, 0) is 19.2 Å². The van der Waals surface area contributed by atoms with Gasteiger partial charge in [0.05, 0.1) is 6.42 Å². The first-order valence-corrected chi connectivity index (χ1v) is 4.33. The Kier molecular flexibility index (Phi) is 3.39. The number of nitrogens with zero attached hydrogens (tertiary/aromatic N) is 1. The average Bonchev–Trinajstić information content (AvgIpc) is 2.46. The zero-order valence-electron chi connectivity index (χ0n) is 7.86. The summed E-state index contributed by atoms with van der Waals surface area (Å²) in [6, 6.07) is 0. The third kappa shape index (κ3) is 2.42. The summed E-state index contributed by atoms with van der Waals surface area (Å²) in [5.41, 5.74) is 0. The minimum atomic E-state index is -0.605. The van der Waals surface area contributed by atoms with Gasteiger partial charge in [-0.05, 0) is 6.92 Å². The number of hydrogen-bond donors (Lipinski definition) is 0. The second-order valence-electron chi connectivity index (χ2n) is 2.82. The van der Waals surface area contributed by atoms with Crippen molar-refractivity contribution in [1.29, 1.82) is 0 Å². The van der Waals surface area contributed by atoms with Crippen molar-refractivity contribution in [3.8, 4) is 0 Å². The Labute approximate surface area is 81.3 Å². The minimum Gasteiger partial charge on any atom is -0.330 e. The van der Waals surface area contributed by atoms with E-state index in [1.807, 2.05) is 0 Å². The SMILES string of the molecule is CC=CCC(=O)ON1C(=O)CCC1=O. The fraction of sp³-hybridized carbons (Fsp3) is 0.444. The summed E-state index contributed by atoms with van der Waals surface area (Å²) in [6.07, 6.45) is 3.58. The van der Waals surface area contributed by atoms with Gasteiger partial charge in [-0.25, -0.2) is 4.79 Å². The van der Waals surface area contributed by atoms with Gasteiger partial charge in [0, 0.05) is 12.8 Å². The zero-order chi connectivity index (χ0) is 10.6. The Morgan fingerprint density at radius 1 is 1.43 bits per heavy atom. The number of hydrogen-bond acceptors (Lipinski definition) is 4. The molecule has 0 aromatic carbocycles. The van der Waals surface area contributed by atoms with Crippen molar-refractivity contribution in [2.45, 2.75) is 26.2 Å². The zero-order valence-corrected chi connectivity index (χ0v) is 7.86. The van der Waals surface area contributed by atoms with Gasteiger partial charge in [-0.3, -0.25) is 9.59 Å². The van der Waals surface area contributed by atoms with Crippen LogP contribution in [0.4, 0.5) is 0 Å². The van der Waals surface area contributed by atoms with Crippen LogP contribution in [0.1, 0.15) is 26.2 Å². The van der Waals surface area contributed by atoms with Gasteiger partial charge in [-0.1, -0.05) is 12.2 Å². The van der Waals surface area contributed by atoms with E-state index in [0.29, 0.717) is 5.06 Å². The fourth-order valence-corrected chi connectivity index (χ4v) is 1.01. The maximum absolute atomic E-state index is 11.0. The van der Waals surface area contributed by atoms with Crippen molar-refractivity contribution in [3.63, 3.8) is 0 Å². The van der Waals surface area contributed by atoms with Gasteiger partial charge < -0.3 is 4.84 Å². The highest BCUT2D eigenvalue weighted by molar-refractivity contribution is 6.01. The van der Waals surface area contributed by atoms with Gasteiger partial charge in [-0.2, -0.15) is 0 Å². The summed E-state index contributed by atoms with van der Waals surface area (Å²) >= 11 is 0. The quantitative estimate of drug-likeness (QED) is 0.490. The summed E-state index contributed by atoms with van der Waals surface area (Å²) in [4.78, 5) is 37.6. The highest BCUT2D eigenvalue weighted by Crippen LogP contribution is 2.12. The molecule has 0 spiro atoms. The van der Waals surface area contributed by atoms with Crippen LogP contribution in [0.2, 0.25) is 0 Å². The summed E-state index contributed by atoms with van der Waals surface area (Å²) in [5, 5.41) is 0.547. The first kappa shape index (κ1) is 10.4. The number of allylic oxidation sites excluding steroid dienone is 1. The molecule has 76 valence electrons. The molecule has 1 fully saturated rings. The number of carbonyl (C=O) groups is 3. The van der Waals surface area contributed by atoms with Crippen LogP contribution in [0.15, 0.2) is 12.2 Å². The molecule has 1 aliphatic rings. The lowest BCUT2D eigenvalue weighted by Crippen LogP contribution is -2.31. The van der Waals surface area contributed by atoms with E-state index in [9.17, 15) is 14.4 Å². The fourth-order valence-electron chi connectivity index (χ4n) is 1.01. The molecule has 1 heterocycles. The van der Waals surface area contributed by atoms with Crippen LogP contribution < -0.4 is 0 Å². The van der Waals surface area contributed by atoms with Crippen molar-refractivity contribution in [2.75, 3.05) is 0 Å². The second-order valence-corrected chi connectivity index (χ2v) is 2.82. The molecule has 0 aliphatic carbocycles. The summed E-state index contributed by atoms with van der Waals surface area (Å²) < 4.78 is 0. The molecule has 1 aliphatic heterocycles. The summed E-state index contributed by atoms with van der Waals surface area (Å²) in [6.45, 7) is 1.76. The van der Waals surface area contributed by atoms with E-state index in [-0.39, 0.29) is 19.3 Å². The lowest BCUT2D eigenvalue weighted by atomic mass is 10.4. The molecular formula is C9H11NO4. The minimum absolute atomic E-state index is 0.0631. The Balaban J connectivity index is 2.47. The van der Waals surface area contributed by atoms with Crippen LogP contribution in [0.3, 0.4) is 0 Å². The van der Waals surface area contributed by atoms with Crippen molar-refractivity contribution in [1.82, 2.24) is 5.06 Å². The number of imide groups is 1. The lowest BCUT2D eigenvalue weighted by Gasteiger charge is -2.11. The third-order valence-electron chi connectivity index (χ3n) is 1.72. The Bertz CT molecular complexity index is 279. The molecule has 0 atom stereocenters. The molecule has 0 radical (unpaired) electrons. The maximum atomic E-state index is 11.0. The van der Waals surface area contributed by atoms with E-state index < -0.39 is 17.8 Å². The second kappa shape index (κ2) is 4.55. The largest absolute Gasteiger partial charge is 0.336 e. The Morgan fingerprint density at radius 2 is 2.00 bits per heavy atom. The predicted molar refractivity (Wildman–Crippen MR) is 46.6 cm³/mol. The molecule has 5 heteroatoms. The normalized spacial score (nSPS) is 16.8. The highest BCUT2D eigenvalue weighted by atomic mass is 16.7. The smallest absolute Gasteiger partial charge is 0.330 e. The van der Waals surface area contributed by atoms with Crippen LogP contribution in [-0.4, -0.2) is 22.8 Å². The molecule has 5 nitrogen and oxygen atoms in total. The van der Waals surface area contributed by atoms with E-state index in [4.69, 9.17) is 0 Å². The van der Waals surface area contributed by atoms with Crippen LogP contribution in [0.25, 0.3) is 0 Å². The number of carbonyl (C=O) groups excluding carboxylic acids is 3. The Morgan fingerprint density at radius 3 is 2.50 bits per heavy atom. The summed E-state index contributed by atoms with van der Waals surface area (Å²) in [7, 11) is 0. The first-order chi connectivity index (χ1) is 6.65. The molecule has 0 N–H and O–H groups in total. The lowest BCUT2D eigenvalue weighted by molar-refractivity contribution is -0.196. The Hall–Kier alpha value is -1.65. The van der Waals surface area contributed by atoms with E-state index in [0.717, 1.165) is 0 Å². The van der Waals surface area contributed by atoms with Gasteiger partial charge in [0.1, 0.15) is 0 Å². The van der Waals surface area contributed by atoms with E-state index in [2.05, 4.69) is 4.84 Å². The molecule has 0 saturated carbocycles. The van der Waals surface area contributed by atoms with Crippen LogP contribution in [0, 0.1) is 0 Å². The molecule has 14 heavy (non-hydrogen) atoms. The van der Waals surface area contributed by atoms with E-state index >= 15 is 0 Å². The van der Waals surface area contributed by atoms with Gasteiger partial charge in [0.25, 0.3) is 11.8 Å². The molecule has 1 saturated heterocycles. The van der Waals surface area contributed by atoms with Crippen molar-refractivity contribution in [3.05, 3.63) is 12.2 Å². The first-order valence-electron chi connectivity index (χ1n) is 4.33. The van der Waals surface area contributed by atoms with Crippen LogP contribution >= 0.6 is 0 Å².